The number of nitrogens with one attached hydrogen (secondary N) is 1. The number of hydrogen-bond donors (Lipinski definition) is 1. The minimum absolute atomic E-state index is 0.146. The molecule has 0 aliphatic rings. The van der Waals surface area contributed by atoms with Crippen LogP contribution in [0.3, 0.4) is 0 Å². The fourth-order valence-electron chi connectivity index (χ4n) is 1.73. The first-order valence-corrected chi connectivity index (χ1v) is 6.51. The fraction of sp³-hybridized carbons (Fsp3) is 0.250. The molecule has 0 aliphatic carbocycles. The minimum atomic E-state index is -4.53. The molecular weight excluding hydrogens is 375 g/mol. The Morgan fingerprint density at radius 2 is 1.95 bits per heavy atom. The molecule has 0 spiro atoms. The highest BCUT2D eigenvalue weighted by Crippen LogP contribution is 2.34. The molecule has 19 heavy (non-hydrogen) atoms. The van der Waals surface area contributed by atoms with Crippen molar-refractivity contribution in [3.05, 3.63) is 33.3 Å². The van der Waals surface area contributed by atoms with Crippen molar-refractivity contribution in [2.45, 2.75) is 13.1 Å². The summed E-state index contributed by atoms with van der Waals surface area (Å²) in [5, 5.41) is 3.15. The van der Waals surface area contributed by atoms with E-state index in [-0.39, 0.29) is 11.2 Å². The van der Waals surface area contributed by atoms with E-state index in [1.54, 1.807) is 29.5 Å². The van der Waals surface area contributed by atoms with Crippen LogP contribution in [0, 0.1) is 9.39 Å². The third kappa shape index (κ3) is 2.90. The van der Waals surface area contributed by atoms with Gasteiger partial charge in [-0.25, -0.2) is 9.37 Å². The lowest BCUT2D eigenvalue weighted by atomic mass is 10.1. The molecule has 102 valence electrons. The molecular formula is C12H9F4IN2. The van der Waals surface area contributed by atoms with Crippen LogP contribution in [0.15, 0.2) is 18.2 Å². The third-order valence-corrected chi connectivity index (χ3v) is 3.31. The number of benzene rings is 1. The summed E-state index contributed by atoms with van der Waals surface area (Å²) in [4.78, 5) is 3.59. The highest BCUT2D eigenvalue weighted by molar-refractivity contribution is 14.1. The van der Waals surface area contributed by atoms with Gasteiger partial charge in [0.05, 0.1) is 5.52 Å². The molecule has 2 aromatic rings. The van der Waals surface area contributed by atoms with Crippen LogP contribution >= 0.6 is 22.6 Å². The van der Waals surface area contributed by atoms with Crippen molar-refractivity contribution in [1.29, 1.82) is 0 Å². The first-order chi connectivity index (χ1) is 8.82. The van der Waals surface area contributed by atoms with Gasteiger partial charge in [0.1, 0.15) is 11.5 Å². The lowest BCUT2D eigenvalue weighted by Crippen LogP contribution is -2.10. The lowest BCUT2D eigenvalue weighted by Gasteiger charge is -2.13. The van der Waals surface area contributed by atoms with Gasteiger partial charge in [-0.05, 0) is 47.7 Å². The Hall–Kier alpha value is -1.12. The molecule has 0 fully saturated rings. The van der Waals surface area contributed by atoms with E-state index in [0.717, 1.165) is 12.1 Å². The molecule has 7 heteroatoms. The molecule has 0 atom stereocenters. The van der Waals surface area contributed by atoms with Crippen molar-refractivity contribution in [1.82, 2.24) is 4.98 Å². The summed E-state index contributed by atoms with van der Waals surface area (Å²) < 4.78 is 52.1. The van der Waals surface area contributed by atoms with E-state index < -0.39 is 17.7 Å². The Kier molecular flexibility index (Phi) is 3.84. The maximum absolute atomic E-state index is 13.4. The highest BCUT2D eigenvalue weighted by Gasteiger charge is 2.33. The fourth-order valence-corrected chi connectivity index (χ4v) is 2.44. The van der Waals surface area contributed by atoms with E-state index in [1.165, 1.54) is 6.07 Å². The van der Waals surface area contributed by atoms with Crippen molar-refractivity contribution >= 4 is 39.2 Å². The predicted octanol–water partition coefficient (Wildman–Crippen LogP) is 4.43. The van der Waals surface area contributed by atoms with Crippen LogP contribution in [0.1, 0.15) is 12.6 Å². The van der Waals surface area contributed by atoms with Crippen LogP contribution in [0.2, 0.25) is 0 Å². The van der Waals surface area contributed by atoms with Gasteiger partial charge in [0.2, 0.25) is 0 Å². The maximum atomic E-state index is 13.4. The Labute approximate surface area is 120 Å². The molecule has 2 rings (SSSR count). The van der Waals surface area contributed by atoms with Crippen LogP contribution in [0.4, 0.5) is 23.2 Å². The average Bonchev–Trinajstić information content (AvgIpc) is 2.28. The van der Waals surface area contributed by atoms with E-state index in [0.29, 0.717) is 15.5 Å². The molecule has 1 aromatic heterocycles. The van der Waals surface area contributed by atoms with E-state index in [9.17, 15) is 17.6 Å². The number of pyridine rings is 1. The number of nitrogens with zero attached hydrogens (tertiary/aromatic N) is 1. The largest absolute Gasteiger partial charge is 0.433 e. The summed E-state index contributed by atoms with van der Waals surface area (Å²) in [6, 6.07) is 3.25. The van der Waals surface area contributed by atoms with Gasteiger partial charge < -0.3 is 5.32 Å². The van der Waals surface area contributed by atoms with Gasteiger partial charge in [0.15, 0.2) is 0 Å². The van der Waals surface area contributed by atoms with Gasteiger partial charge in [0, 0.05) is 21.2 Å². The monoisotopic (exact) mass is 384 g/mol. The van der Waals surface area contributed by atoms with Crippen LogP contribution in [-0.2, 0) is 6.18 Å². The zero-order valence-electron chi connectivity index (χ0n) is 9.78. The Morgan fingerprint density at radius 1 is 1.26 bits per heavy atom. The summed E-state index contributed by atoms with van der Waals surface area (Å²) in [5.74, 6) is -0.502. The smallest absolute Gasteiger partial charge is 0.385 e. The van der Waals surface area contributed by atoms with Gasteiger partial charge >= 0.3 is 6.18 Å². The number of alkyl halides is 3. The van der Waals surface area contributed by atoms with E-state index in [2.05, 4.69) is 10.3 Å². The maximum Gasteiger partial charge on any atom is 0.433 e. The number of rotatable bonds is 2. The van der Waals surface area contributed by atoms with E-state index in [1.807, 2.05) is 0 Å². The molecule has 0 aliphatic heterocycles. The van der Waals surface area contributed by atoms with Gasteiger partial charge in [-0.1, -0.05) is 0 Å². The summed E-state index contributed by atoms with van der Waals surface area (Å²) in [6.45, 7) is 2.19. The number of fused-ring (bicyclic) bond motifs is 1. The first-order valence-electron chi connectivity index (χ1n) is 5.43. The molecule has 0 bridgehead atoms. The van der Waals surface area contributed by atoms with Crippen molar-refractivity contribution in [3.8, 4) is 0 Å². The zero-order chi connectivity index (χ0) is 14.2. The summed E-state index contributed by atoms with van der Waals surface area (Å²) >= 11 is 1.78. The number of aromatic nitrogens is 1. The molecule has 0 unspecified atom stereocenters. The van der Waals surface area contributed by atoms with Crippen LogP contribution in [0.25, 0.3) is 10.9 Å². The average molecular weight is 384 g/mol. The first kappa shape index (κ1) is 14.3. The van der Waals surface area contributed by atoms with Crippen molar-refractivity contribution in [3.63, 3.8) is 0 Å². The van der Waals surface area contributed by atoms with Gasteiger partial charge in [-0.15, -0.1) is 0 Å². The minimum Gasteiger partial charge on any atom is -0.385 e. The molecule has 1 aromatic carbocycles. The van der Waals surface area contributed by atoms with Gasteiger partial charge in [-0.2, -0.15) is 13.2 Å². The van der Waals surface area contributed by atoms with Crippen LogP contribution < -0.4 is 5.32 Å². The molecule has 0 saturated carbocycles. The van der Waals surface area contributed by atoms with E-state index >= 15 is 0 Å². The van der Waals surface area contributed by atoms with E-state index in [4.69, 9.17) is 0 Å². The Balaban J connectivity index is 2.79. The lowest BCUT2D eigenvalue weighted by molar-refractivity contribution is -0.140. The van der Waals surface area contributed by atoms with Gasteiger partial charge in [0.25, 0.3) is 0 Å². The summed E-state index contributed by atoms with van der Waals surface area (Å²) in [6.07, 6.45) is -4.53. The number of hydrogen-bond acceptors (Lipinski definition) is 2. The molecule has 0 saturated heterocycles. The third-order valence-electron chi connectivity index (χ3n) is 2.49. The molecule has 2 nitrogen and oxygen atoms in total. The summed E-state index contributed by atoms with van der Waals surface area (Å²) in [7, 11) is 0. The van der Waals surface area contributed by atoms with Crippen molar-refractivity contribution in [2.24, 2.45) is 0 Å². The Bertz CT molecular complexity index is 625. The summed E-state index contributed by atoms with van der Waals surface area (Å²) in [5.41, 5.74) is -0.606. The van der Waals surface area contributed by atoms with Gasteiger partial charge in [-0.3, -0.25) is 0 Å². The number of anilines is 1. The molecule has 0 radical (unpaired) electrons. The molecule has 0 amide bonds. The normalized spacial score (nSPS) is 11.9. The van der Waals surface area contributed by atoms with Crippen LogP contribution in [0.5, 0.6) is 0 Å². The second kappa shape index (κ2) is 5.10. The SMILES string of the molecule is CCNc1cc(C(F)(F)F)nc2c(I)cc(F)cc12. The standard InChI is InChI=1S/C12H9F4IN2/c1-2-18-9-5-10(12(14,15)16)19-11-7(9)3-6(13)4-8(11)17/h3-5H,2H2,1H3,(H,18,19). The Morgan fingerprint density at radius 3 is 2.53 bits per heavy atom. The second-order valence-corrected chi connectivity index (χ2v) is 5.03. The topological polar surface area (TPSA) is 24.9 Å². The quantitative estimate of drug-likeness (QED) is 0.612. The molecule has 1 heterocycles. The highest BCUT2D eigenvalue weighted by atomic mass is 127. The number of halogens is 5. The predicted molar refractivity (Wildman–Crippen MR) is 73.6 cm³/mol. The zero-order valence-corrected chi connectivity index (χ0v) is 11.9. The molecule has 1 N–H and O–H groups in total. The van der Waals surface area contributed by atoms with Crippen molar-refractivity contribution in [2.75, 3.05) is 11.9 Å². The second-order valence-electron chi connectivity index (χ2n) is 3.87. The van der Waals surface area contributed by atoms with Crippen molar-refractivity contribution < 1.29 is 17.6 Å². The van der Waals surface area contributed by atoms with Crippen LogP contribution in [-0.4, -0.2) is 11.5 Å².